The average Bonchev–Trinajstić information content (AvgIpc) is 2.38. The zero-order chi connectivity index (χ0) is 14.6. The summed E-state index contributed by atoms with van der Waals surface area (Å²) in [6.45, 7) is 3.26. The first-order valence-electron chi connectivity index (χ1n) is 5.80. The molecule has 0 saturated heterocycles. The maximum atomic E-state index is 11.9. The van der Waals surface area contributed by atoms with E-state index in [9.17, 15) is 14.7 Å². The van der Waals surface area contributed by atoms with Crippen LogP contribution in [0.25, 0.3) is 0 Å². The van der Waals surface area contributed by atoms with E-state index in [1.165, 1.54) is 18.2 Å². The molecule has 0 aliphatic heterocycles. The zero-order valence-corrected chi connectivity index (χ0v) is 11.5. The third-order valence-corrected chi connectivity index (χ3v) is 3.37. The molecule has 0 heterocycles. The molecule has 1 atom stereocenters. The van der Waals surface area contributed by atoms with Crippen molar-refractivity contribution in [2.75, 3.05) is 6.54 Å². The predicted molar refractivity (Wildman–Crippen MR) is 71.5 cm³/mol. The van der Waals surface area contributed by atoms with Gasteiger partial charge in [-0.2, -0.15) is 0 Å². The Morgan fingerprint density at radius 1 is 1.42 bits per heavy atom. The minimum Gasteiger partial charge on any atom is -0.507 e. The molecule has 0 saturated carbocycles. The van der Waals surface area contributed by atoms with E-state index in [2.05, 4.69) is 5.32 Å². The van der Waals surface area contributed by atoms with Gasteiger partial charge < -0.3 is 15.5 Å². The molecule has 3 N–H and O–H groups in total. The summed E-state index contributed by atoms with van der Waals surface area (Å²) in [7, 11) is 0. The second kappa shape index (κ2) is 5.93. The van der Waals surface area contributed by atoms with E-state index in [4.69, 9.17) is 16.7 Å². The third kappa shape index (κ3) is 3.61. The molecule has 0 fully saturated rings. The van der Waals surface area contributed by atoms with Gasteiger partial charge in [-0.25, -0.2) is 0 Å². The number of aromatic hydroxyl groups is 1. The molecule has 1 amide bonds. The van der Waals surface area contributed by atoms with Crippen LogP contribution in [0.4, 0.5) is 0 Å². The molecule has 6 heteroatoms. The van der Waals surface area contributed by atoms with Gasteiger partial charge in [-0.3, -0.25) is 9.59 Å². The summed E-state index contributed by atoms with van der Waals surface area (Å²) in [5.41, 5.74) is -1.01. The Labute approximate surface area is 116 Å². The minimum absolute atomic E-state index is 0.0242. The summed E-state index contributed by atoms with van der Waals surface area (Å²) >= 11 is 5.74. The van der Waals surface area contributed by atoms with E-state index in [1.807, 2.05) is 0 Å². The Morgan fingerprint density at radius 2 is 2.05 bits per heavy atom. The number of phenols is 1. The molecule has 0 radical (unpaired) electrons. The molecule has 1 rings (SSSR count). The Bertz CT molecular complexity index is 503. The van der Waals surface area contributed by atoms with Crippen LogP contribution in [-0.4, -0.2) is 28.6 Å². The van der Waals surface area contributed by atoms with Gasteiger partial charge >= 0.3 is 5.97 Å². The third-order valence-electron chi connectivity index (χ3n) is 3.14. The van der Waals surface area contributed by atoms with Crippen LogP contribution in [0.1, 0.15) is 30.6 Å². The number of rotatable bonds is 5. The number of nitrogens with one attached hydrogen (secondary N) is 1. The molecule has 0 bridgehead atoms. The molecule has 0 aromatic heterocycles. The van der Waals surface area contributed by atoms with Gasteiger partial charge in [-0.1, -0.05) is 18.5 Å². The Kier molecular flexibility index (Phi) is 4.78. The molecular weight excluding hydrogens is 270 g/mol. The minimum atomic E-state index is -1.04. The first kappa shape index (κ1) is 15.3. The van der Waals surface area contributed by atoms with Crippen LogP contribution in [0.2, 0.25) is 5.02 Å². The molecule has 0 aliphatic rings. The van der Waals surface area contributed by atoms with Crippen molar-refractivity contribution >= 4 is 23.5 Å². The Balaban J connectivity index is 2.81. The van der Waals surface area contributed by atoms with Crippen LogP contribution < -0.4 is 5.32 Å². The van der Waals surface area contributed by atoms with Crippen molar-refractivity contribution in [2.45, 2.75) is 20.3 Å². The monoisotopic (exact) mass is 285 g/mol. The van der Waals surface area contributed by atoms with Gasteiger partial charge in [0.25, 0.3) is 5.91 Å². The maximum absolute atomic E-state index is 11.9. The quantitative estimate of drug-likeness (QED) is 0.774. The zero-order valence-electron chi connectivity index (χ0n) is 10.7. The molecule has 1 aromatic carbocycles. The molecule has 1 aromatic rings. The van der Waals surface area contributed by atoms with Crippen molar-refractivity contribution in [3.63, 3.8) is 0 Å². The number of carbonyl (C=O) groups excluding carboxylic acids is 1. The van der Waals surface area contributed by atoms with Crippen molar-refractivity contribution in [1.82, 2.24) is 5.32 Å². The normalized spacial score (nSPS) is 13.6. The molecular formula is C13H16ClNO4. The van der Waals surface area contributed by atoms with Gasteiger partial charge in [0.2, 0.25) is 0 Å². The molecule has 0 aliphatic carbocycles. The fourth-order valence-electron chi connectivity index (χ4n) is 1.41. The van der Waals surface area contributed by atoms with Crippen molar-refractivity contribution in [1.29, 1.82) is 0 Å². The topological polar surface area (TPSA) is 86.6 Å². The predicted octanol–water partition coefficient (Wildman–Crippen LogP) is 2.28. The lowest BCUT2D eigenvalue weighted by atomic mass is 9.87. The molecule has 104 valence electrons. The molecule has 0 spiro atoms. The van der Waals surface area contributed by atoms with Gasteiger partial charge in [0.15, 0.2) is 0 Å². The smallest absolute Gasteiger partial charge is 0.311 e. The summed E-state index contributed by atoms with van der Waals surface area (Å²) in [5.74, 6) is -1.73. The van der Waals surface area contributed by atoms with E-state index >= 15 is 0 Å². The van der Waals surface area contributed by atoms with Gasteiger partial charge in [-0.15, -0.1) is 0 Å². The second-order valence-electron chi connectivity index (χ2n) is 4.56. The Hall–Kier alpha value is -1.75. The number of amides is 1. The van der Waals surface area contributed by atoms with Crippen LogP contribution >= 0.6 is 11.6 Å². The Morgan fingerprint density at radius 3 is 2.58 bits per heavy atom. The van der Waals surface area contributed by atoms with Gasteiger partial charge in [-0.05, 0) is 31.5 Å². The van der Waals surface area contributed by atoms with Crippen molar-refractivity contribution < 1.29 is 19.8 Å². The highest BCUT2D eigenvalue weighted by atomic mass is 35.5. The lowest BCUT2D eigenvalue weighted by molar-refractivity contribution is -0.147. The second-order valence-corrected chi connectivity index (χ2v) is 5.00. The highest BCUT2D eigenvalue weighted by Crippen LogP contribution is 2.23. The number of hydrogen-bond donors (Lipinski definition) is 3. The first-order chi connectivity index (χ1) is 8.80. The number of hydrogen-bond acceptors (Lipinski definition) is 3. The number of halogens is 1. The summed E-state index contributed by atoms with van der Waals surface area (Å²) in [4.78, 5) is 23.0. The van der Waals surface area contributed by atoms with E-state index in [1.54, 1.807) is 13.8 Å². The summed E-state index contributed by atoms with van der Waals surface area (Å²) in [6.07, 6.45) is 0.379. The highest BCUT2D eigenvalue weighted by Gasteiger charge is 2.31. The van der Waals surface area contributed by atoms with E-state index in [-0.39, 0.29) is 17.9 Å². The first-order valence-corrected chi connectivity index (χ1v) is 6.18. The van der Waals surface area contributed by atoms with Crippen LogP contribution in [0.15, 0.2) is 18.2 Å². The number of carboxylic acid groups (broad SMARTS) is 1. The number of benzene rings is 1. The fourth-order valence-corrected chi connectivity index (χ4v) is 1.58. The number of carbonyl (C=O) groups is 2. The summed E-state index contributed by atoms with van der Waals surface area (Å²) < 4.78 is 0. The molecule has 5 nitrogen and oxygen atoms in total. The van der Waals surface area contributed by atoms with Crippen LogP contribution in [0, 0.1) is 5.41 Å². The van der Waals surface area contributed by atoms with Crippen LogP contribution in [0.3, 0.4) is 0 Å². The molecule has 1 unspecified atom stereocenters. The van der Waals surface area contributed by atoms with Crippen LogP contribution in [-0.2, 0) is 4.79 Å². The summed E-state index contributed by atoms with van der Waals surface area (Å²) in [5, 5.41) is 21.5. The van der Waals surface area contributed by atoms with Gasteiger partial charge in [0, 0.05) is 11.6 Å². The largest absolute Gasteiger partial charge is 0.507 e. The van der Waals surface area contributed by atoms with Crippen molar-refractivity contribution in [3.8, 4) is 5.75 Å². The van der Waals surface area contributed by atoms with Gasteiger partial charge in [0.05, 0.1) is 11.0 Å². The van der Waals surface area contributed by atoms with E-state index in [0.717, 1.165) is 0 Å². The van der Waals surface area contributed by atoms with Crippen molar-refractivity contribution in [2.24, 2.45) is 5.41 Å². The summed E-state index contributed by atoms with van der Waals surface area (Å²) in [6, 6.07) is 4.10. The number of aliphatic carboxylic acids is 1. The number of phenolic OH excluding ortho intramolecular Hbond substituents is 1. The lowest BCUT2D eigenvalue weighted by Gasteiger charge is -2.23. The maximum Gasteiger partial charge on any atom is 0.311 e. The SMILES string of the molecule is CCC(C)(CNC(=O)c1cc(Cl)ccc1O)C(=O)O. The highest BCUT2D eigenvalue weighted by molar-refractivity contribution is 6.31. The standard InChI is InChI=1S/C13H16ClNO4/c1-3-13(2,12(18)19)7-15-11(17)9-6-8(14)4-5-10(9)16/h4-6,16H,3,7H2,1-2H3,(H,15,17)(H,18,19). The average molecular weight is 286 g/mol. The van der Waals surface area contributed by atoms with Crippen molar-refractivity contribution in [3.05, 3.63) is 28.8 Å². The van der Waals surface area contributed by atoms with Crippen LogP contribution in [0.5, 0.6) is 5.75 Å². The van der Waals surface area contributed by atoms with Gasteiger partial charge in [0.1, 0.15) is 5.75 Å². The fraction of sp³-hybridized carbons (Fsp3) is 0.385. The number of carboxylic acids is 1. The van der Waals surface area contributed by atoms with E-state index in [0.29, 0.717) is 11.4 Å². The van der Waals surface area contributed by atoms with E-state index < -0.39 is 17.3 Å². The molecule has 19 heavy (non-hydrogen) atoms. The lowest BCUT2D eigenvalue weighted by Crippen LogP contribution is -2.40.